The maximum Gasteiger partial charge on any atom is 0.0878 e. The highest BCUT2D eigenvalue weighted by Crippen LogP contribution is 2.52. The van der Waals surface area contributed by atoms with Crippen molar-refractivity contribution in [1.82, 2.24) is 0 Å². The van der Waals surface area contributed by atoms with Gasteiger partial charge in [-0.1, -0.05) is 38.1 Å². The van der Waals surface area contributed by atoms with E-state index in [0.29, 0.717) is 0 Å². The predicted octanol–water partition coefficient (Wildman–Crippen LogP) is 3.14. The molecule has 0 bridgehead atoms. The number of fused-ring (bicyclic) bond motifs is 1. The van der Waals surface area contributed by atoms with Gasteiger partial charge in [-0.2, -0.15) is 0 Å². The minimum atomic E-state index is -0.00850. The van der Waals surface area contributed by atoms with E-state index in [9.17, 15) is 0 Å². The predicted molar refractivity (Wildman–Crippen MR) is 72.9 cm³/mol. The van der Waals surface area contributed by atoms with E-state index in [1.165, 1.54) is 11.3 Å². The summed E-state index contributed by atoms with van der Waals surface area (Å²) in [6.07, 6.45) is 7.21. The Morgan fingerprint density at radius 2 is 2.00 bits per heavy atom. The van der Waals surface area contributed by atoms with Crippen molar-refractivity contribution in [2.75, 3.05) is 11.9 Å². The Kier molecular flexibility index (Phi) is 2.00. The highest BCUT2D eigenvalue weighted by molar-refractivity contribution is 5.86. The molecule has 17 heavy (non-hydrogen) atoms. The Morgan fingerprint density at radius 1 is 1.24 bits per heavy atom. The van der Waals surface area contributed by atoms with Gasteiger partial charge < -0.3 is 4.90 Å². The van der Waals surface area contributed by atoms with E-state index in [1.54, 1.807) is 0 Å². The van der Waals surface area contributed by atoms with E-state index in [4.69, 9.17) is 0 Å². The first kappa shape index (κ1) is 10.6. The molecule has 0 fully saturated rings. The molecule has 1 atom stereocenters. The van der Waals surface area contributed by atoms with Crippen LogP contribution < -0.4 is 4.90 Å². The first-order valence-electron chi connectivity index (χ1n) is 6.12. The van der Waals surface area contributed by atoms with Crippen LogP contribution in [0.3, 0.4) is 0 Å². The van der Waals surface area contributed by atoms with Crippen molar-refractivity contribution in [3.8, 4) is 0 Å². The number of anilines is 1. The Hall–Kier alpha value is -1.57. The summed E-state index contributed by atoms with van der Waals surface area (Å²) in [5, 5.41) is 0. The first-order chi connectivity index (χ1) is 8.09. The molecule has 1 spiro atoms. The summed E-state index contributed by atoms with van der Waals surface area (Å²) >= 11 is 0. The average Bonchev–Trinajstić information content (AvgIpc) is 2.52. The van der Waals surface area contributed by atoms with E-state index in [-0.39, 0.29) is 11.0 Å². The number of aliphatic imine (C=N–C) groups is 1. The van der Waals surface area contributed by atoms with Gasteiger partial charge >= 0.3 is 0 Å². The molecule has 1 aromatic rings. The van der Waals surface area contributed by atoms with Crippen LogP contribution in [0, 0.1) is 0 Å². The zero-order valence-corrected chi connectivity index (χ0v) is 10.6. The third-order valence-electron chi connectivity index (χ3n) is 4.53. The minimum Gasteiger partial charge on any atom is -0.362 e. The number of rotatable bonds is 0. The molecule has 0 aromatic heterocycles. The Morgan fingerprint density at radius 3 is 2.65 bits per heavy atom. The zero-order valence-electron chi connectivity index (χ0n) is 10.6. The molecule has 88 valence electrons. The molecule has 0 saturated heterocycles. The average molecular weight is 226 g/mol. The van der Waals surface area contributed by atoms with Crippen LogP contribution in [0.4, 0.5) is 5.69 Å². The van der Waals surface area contributed by atoms with Gasteiger partial charge in [0.2, 0.25) is 0 Å². The Balaban J connectivity index is 2.23. The van der Waals surface area contributed by atoms with Crippen LogP contribution >= 0.6 is 0 Å². The molecule has 2 aliphatic rings. The van der Waals surface area contributed by atoms with Crippen molar-refractivity contribution in [2.45, 2.75) is 31.2 Å². The largest absolute Gasteiger partial charge is 0.362 e. The van der Waals surface area contributed by atoms with E-state index < -0.39 is 0 Å². The highest BCUT2D eigenvalue weighted by Gasteiger charge is 2.54. The summed E-state index contributed by atoms with van der Waals surface area (Å²) in [6, 6.07) is 8.69. The molecule has 3 rings (SSSR count). The van der Waals surface area contributed by atoms with Crippen molar-refractivity contribution < 1.29 is 0 Å². The summed E-state index contributed by atoms with van der Waals surface area (Å²) in [5.74, 6) is 0. The summed E-state index contributed by atoms with van der Waals surface area (Å²) in [7, 11) is 2.18. The number of hydrogen-bond donors (Lipinski definition) is 0. The van der Waals surface area contributed by atoms with Crippen LogP contribution in [-0.4, -0.2) is 18.8 Å². The van der Waals surface area contributed by atoms with Crippen molar-refractivity contribution in [3.63, 3.8) is 0 Å². The highest BCUT2D eigenvalue weighted by atomic mass is 15.2. The second kappa shape index (κ2) is 3.22. The molecular formula is C15H18N2. The number of hydrogen-bond acceptors (Lipinski definition) is 2. The maximum absolute atomic E-state index is 4.39. The van der Waals surface area contributed by atoms with Crippen molar-refractivity contribution in [1.29, 1.82) is 0 Å². The zero-order chi connectivity index (χ0) is 12.1. The van der Waals surface area contributed by atoms with Gasteiger partial charge in [-0.05, 0) is 18.1 Å². The number of benzene rings is 1. The number of nitrogens with zero attached hydrogens (tertiary/aromatic N) is 2. The lowest BCUT2D eigenvalue weighted by Crippen LogP contribution is -2.56. The molecule has 0 radical (unpaired) electrons. The normalized spacial score (nSPS) is 28.8. The van der Waals surface area contributed by atoms with Crippen molar-refractivity contribution >= 4 is 11.9 Å². The fraction of sp³-hybridized carbons (Fsp3) is 0.400. The Labute approximate surface area is 103 Å². The van der Waals surface area contributed by atoms with Crippen LogP contribution in [0.25, 0.3) is 0 Å². The standard InChI is InChI=1S/C15H18N2/c1-14(2)12-7-4-5-8-13(12)17(3)15(14)9-6-10-16-11-15/h4-8,10-11H,9H2,1-3H3. The molecule has 0 amide bonds. The van der Waals surface area contributed by atoms with Crippen LogP contribution in [0.2, 0.25) is 0 Å². The third kappa shape index (κ3) is 1.13. The molecule has 1 unspecified atom stereocenters. The molecule has 1 aromatic carbocycles. The van der Waals surface area contributed by atoms with E-state index >= 15 is 0 Å². The summed E-state index contributed by atoms with van der Waals surface area (Å²) in [5.41, 5.74) is 2.83. The topological polar surface area (TPSA) is 15.6 Å². The summed E-state index contributed by atoms with van der Waals surface area (Å²) in [4.78, 5) is 6.78. The molecule has 2 aliphatic heterocycles. The fourth-order valence-electron chi connectivity index (χ4n) is 3.31. The molecule has 2 heterocycles. The van der Waals surface area contributed by atoms with E-state index in [0.717, 1.165) is 6.42 Å². The van der Waals surface area contributed by atoms with Gasteiger partial charge in [0, 0.05) is 30.6 Å². The second-order valence-electron chi connectivity index (χ2n) is 5.49. The van der Waals surface area contributed by atoms with Gasteiger partial charge in [0.15, 0.2) is 0 Å². The summed E-state index contributed by atoms with van der Waals surface area (Å²) < 4.78 is 0. The van der Waals surface area contributed by atoms with E-state index in [1.807, 2.05) is 6.20 Å². The molecule has 0 N–H and O–H groups in total. The lowest BCUT2D eigenvalue weighted by Gasteiger charge is -2.44. The minimum absolute atomic E-state index is 0.00850. The van der Waals surface area contributed by atoms with Gasteiger partial charge in [0.1, 0.15) is 0 Å². The Bertz CT molecular complexity index is 513. The molecular weight excluding hydrogens is 208 g/mol. The van der Waals surface area contributed by atoms with Crippen LogP contribution in [0.5, 0.6) is 0 Å². The van der Waals surface area contributed by atoms with Gasteiger partial charge in [-0.3, -0.25) is 4.99 Å². The number of likely N-dealkylation sites (N-methyl/N-ethyl adjacent to an activating group) is 1. The fourth-order valence-corrected chi connectivity index (χ4v) is 3.31. The SMILES string of the molecule is CN1c2ccccc2C(C)(C)C12C=NC=CC2. The van der Waals surface area contributed by atoms with Crippen molar-refractivity contribution in [2.24, 2.45) is 4.99 Å². The first-order valence-corrected chi connectivity index (χ1v) is 6.12. The van der Waals surface area contributed by atoms with Gasteiger partial charge in [0.25, 0.3) is 0 Å². The van der Waals surface area contributed by atoms with Crippen LogP contribution in [0.15, 0.2) is 41.5 Å². The third-order valence-corrected chi connectivity index (χ3v) is 4.53. The summed E-state index contributed by atoms with van der Waals surface area (Å²) in [6.45, 7) is 4.64. The van der Waals surface area contributed by atoms with Crippen LogP contribution in [0.1, 0.15) is 25.8 Å². The quantitative estimate of drug-likeness (QED) is 0.663. The molecule has 2 heteroatoms. The monoisotopic (exact) mass is 226 g/mol. The van der Waals surface area contributed by atoms with Crippen LogP contribution in [-0.2, 0) is 5.41 Å². The van der Waals surface area contributed by atoms with Crippen molar-refractivity contribution in [3.05, 3.63) is 42.1 Å². The molecule has 0 saturated carbocycles. The smallest absolute Gasteiger partial charge is 0.0878 e. The van der Waals surface area contributed by atoms with E-state index in [2.05, 4.69) is 67.3 Å². The van der Waals surface area contributed by atoms with Gasteiger partial charge in [0.05, 0.1) is 5.54 Å². The second-order valence-corrected chi connectivity index (χ2v) is 5.49. The molecule has 0 aliphatic carbocycles. The lowest BCUT2D eigenvalue weighted by atomic mass is 9.69. The molecule has 2 nitrogen and oxygen atoms in total. The van der Waals surface area contributed by atoms with Gasteiger partial charge in [-0.15, -0.1) is 0 Å². The number of para-hydroxylation sites is 1. The van der Waals surface area contributed by atoms with Gasteiger partial charge in [-0.25, -0.2) is 0 Å². The lowest BCUT2D eigenvalue weighted by molar-refractivity contribution is 0.365. The maximum atomic E-state index is 4.39.